The highest BCUT2D eigenvalue weighted by molar-refractivity contribution is 5.70. The molecule has 82 valence electrons. The largest absolute Gasteiger partial charge is 0.481 e. The Morgan fingerprint density at radius 2 is 1.79 bits per heavy atom. The van der Waals surface area contributed by atoms with Gasteiger partial charge < -0.3 is 5.11 Å². The summed E-state index contributed by atoms with van der Waals surface area (Å²) in [5.74, 6) is -0.284. The van der Waals surface area contributed by atoms with Gasteiger partial charge in [0.15, 0.2) is 0 Å². The van der Waals surface area contributed by atoms with E-state index >= 15 is 0 Å². The van der Waals surface area contributed by atoms with Crippen molar-refractivity contribution in [2.75, 3.05) is 0 Å². The molecule has 2 nitrogen and oxygen atoms in total. The van der Waals surface area contributed by atoms with Gasteiger partial charge in [0.25, 0.3) is 0 Å². The lowest BCUT2D eigenvalue weighted by molar-refractivity contribution is -0.146. The first kappa shape index (κ1) is 11.5. The summed E-state index contributed by atoms with van der Waals surface area (Å²) in [6.07, 6.45) is 6.31. The Bertz CT molecular complexity index is 202. The summed E-state index contributed by atoms with van der Waals surface area (Å²) in [6.45, 7) is 6.07. The molecule has 0 bridgehead atoms. The van der Waals surface area contributed by atoms with Gasteiger partial charge in [0.05, 0.1) is 5.92 Å². The highest BCUT2D eigenvalue weighted by Gasteiger charge is 2.38. The van der Waals surface area contributed by atoms with Crippen molar-refractivity contribution in [3.63, 3.8) is 0 Å². The molecule has 1 saturated carbocycles. The van der Waals surface area contributed by atoms with Gasteiger partial charge in [-0.05, 0) is 24.2 Å². The van der Waals surface area contributed by atoms with E-state index in [0.717, 1.165) is 0 Å². The van der Waals surface area contributed by atoms with Crippen molar-refractivity contribution in [1.29, 1.82) is 0 Å². The maximum Gasteiger partial charge on any atom is 0.306 e. The molecule has 0 radical (unpaired) electrons. The Hall–Kier alpha value is -0.530. The predicted octanol–water partition coefficient (Wildman–Crippen LogP) is 3.31. The fraction of sp³-hybridized carbons (Fsp3) is 0.917. The summed E-state index contributed by atoms with van der Waals surface area (Å²) < 4.78 is 0. The first-order valence-electron chi connectivity index (χ1n) is 5.69. The Labute approximate surface area is 86.7 Å². The third-order valence-electron chi connectivity index (χ3n) is 4.14. The number of rotatable bonds is 3. The summed E-state index contributed by atoms with van der Waals surface area (Å²) in [5, 5.41) is 9.05. The minimum absolute atomic E-state index is 0.0494. The smallest absolute Gasteiger partial charge is 0.306 e. The van der Waals surface area contributed by atoms with Crippen LogP contribution in [0.3, 0.4) is 0 Å². The zero-order chi connectivity index (χ0) is 10.8. The quantitative estimate of drug-likeness (QED) is 0.755. The monoisotopic (exact) mass is 198 g/mol. The van der Waals surface area contributed by atoms with Crippen LogP contribution < -0.4 is 0 Å². The van der Waals surface area contributed by atoms with Gasteiger partial charge in [0.1, 0.15) is 0 Å². The van der Waals surface area contributed by atoms with E-state index < -0.39 is 5.97 Å². The summed E-state index contributed by atoms with van der Waals surface area (Å²) in [4.78, 5) is 11.0. The van der Waals surface area contributed by atoms with Gasteiger partial charge >= 0.3 is 5.97 Å². The topological polar surface area (TPSA) is 37.3 Å². The third-order valence-corrected chi connectivity index (χ3v) is 4.14. The molecule has 0 aromatic carbocycles. The molecule has 0 aromatic rings. The molecular weight excluding hydrogens is 176 g/mol. The standard InChI is InChI=1S/C12H22O2/c1-9(11(13)14)12(2,3)10-7-5-4-6-8-10/h9-10H,4-8H2,1-3H3,(H,13,14)/t9-/m0/s1. The number of carboxylic acid groups (broad SMARTS) is 1. The minimum Gasteiger partial charge on any atom is -0.481 e. The van der Waals surface area contributed by atoms with Crippen molar-refractivity contribution in [2.45, 2.75) is 52.9 Å². The fourth-order valence-corrected chi connectivity index (χ4v) is 2.52. The molecule has 1 atom stereocenters. The van der Waals surface area contributed by atoms with Crippen LogP contribution in [-0.2, 0) is 4.79 Å². The minimum atomic E-state index is -0.652. The van der Waals surface area contributed by atoms with E-state index in [1.807, 2.05) is 6.92 Å². The van der Waals surface area contributed by atoms with Gasteiger partial charge in [0, 0.05) is 0 Å². The lowest BCUT2D eigenvalue weighted by Crippen LogP contribution is -2.36. The van der Waals surface area contributed by atoms with E-state index in [2.05, 4.69) is 13.8 Å². The van der Waals surface area contributed by atoms with Crippen LogP contribution >= 0.6 is 0 Å². The summed E-state index contributed by atoms with van der Waals surface area (Å²) in [7, 11) is 0. The van der Waals surface area contributed by atoms with Gasteiger partial charge in [0.2, 0.25) is 0 Å². The molecule has 1 aliphatic rings. The highest BCUT2D eigenvalue weighted by atomic mass is 16.4. The van der Waals surface area contributed by atoms with E-state index in [0.29, 0.717) is 5.92 Å². The van der Waals surface area contributed by atoms with Crippen LogP contribution in [-0.4, -0.2) is 11.1 Å². The maximum absolute atomic E-state index is 11.0. The van der Waals surface area contributed by atoms with Crippen LogP contribution in [0.1, 0.15) is 52.9 Å². The zero-order valence-corrected chi connectivity index (χ0v) is 9.55. The van der Waals surface area contributed by atoms with Gasteiger partial charge in [-0.2, -0.15) is 0 Å². The van der Waals surface area contributed by atoms with Gasteiger partial charge in [-0.15, -0.1) is 0 Å². The first-order valence-corrected chi connectivity index (χ1v) is 5.69. The molecule has 0 aromatic heterocycles. The lowest BCUT2D eigenvalue weighted by Gasteiger charge is -2.39. The molecule has 0 amide bonds. The molecule has 0 unspecified atom stereocenters. The van der Waals surface area contributed by atoms with E-state index in [1.165, 1.54) is 32.1 Å². The molecule has 1 N–H and O–H groups in total. The first-order chi connectivity index (χ1) is 6.46. The van der Waals surface area contributed by atoms with Crippen LogP contribution in [0.15, 0.2) is 0 Å². The van der Waals surface area contributed by atoms with Crippen LogP contribution in [0.5, 0.6) is 0 Å². The molecule has 0 spiro atoms. The summed E-state index contributed by atoms with van der Waals surface area (Å²) in [6, 6.07) is 0. The number of aliphatic carboxylic acids is 1. The van der Waals surface area contributed by atoms with E-state index in [9.17, 15) is 4.79 Å². The Morgan fingerprint density at radius 3 is 2.21 bits per heavy atom. The summed E-state index contributed by atoms with van der Waals surface area (Å²) in [5.41, 5.74) is -0.0494. The van der Waals surface area contributed by atoms with Crippen LogP contribution in [0, 0.1) is 17.3 Å². The molecule has 0 heterocycles. The number of hydrogen-bond acceptors (Lipinski definition) is 1. The summed E-state index contributed by atoms with van der Waals surface area (Å²) >= 11 is 0. The molecule has 0 aliphatic heterocycles. The molecule has 0 saturated heterocycles. The number of hydrogen-bond donors (Lipinski definition) is 1. The van der Waals surface area contributed by atoms with Crippen molar-refractivity contribution in [3.8, 4) is 0 Å². The van der Waals surface area contributed by atoms with Crippen molar-refractivity contribution < 1.29 is 9.90 Å². The lowest BCUT2D eigenvalue weighted by atomic mass is 9.65. The molecule has 2 heteroatoms. The zero-order valence-electron chi connectivity index (χ0n) is 9.55. The second kappa shape index (κ2) is 4.33. The van der Waals surface area contributed by atoms with E-state index in [1.54, 1.807) is 0 Å². The molecule has 1 fully saturated rings. The van der Waals surface area contributed by atoms with Crippen molar-refractivity contribution in [2.24, 2.45) is 17.3 Å². The molecule has 1 aliphatic carbocycles. The Kier molecular flexibility index (Phi) is 3.57. The average Bonchev–Trinajstić information content (AvgIpc) is 2.18. The second-order valence-electron chi connectivity index (χ2n) is 5.22. The van der Waals surface area contributed by atoms with E-state index in [-0.39, 0.29) is 11.3 Å². The normalized spacial score (nSPS) is 21.9. The van der Waals surface area contributed by atoms with Gasteiger partial charge in [-0.25, -0.2) is 0 Å². The fourth-order valence-electron chi connectivity index (χ4n) is 2.52. The third kappa shape index (κ3) is 2.28. The van der Waals surface area contributed by atoms with Crippen LogP contribution in [0.2, 0.25) is 0 Å². The Balaban J connectivity index is 2.66. The van der Waals surface area contributed by atoms with Gasteiger partial charge in [-0.3, -0.25) is 4.79 Å². The number of carbonyl (C=O) groups is 1. The second-order valence-corrected chi connectivity index (χ2v) is 5.22. The number of carboxylic acids is 1. The SMILES string of the molecule is C[C@@H](C(=O)O)C(C)(C)C1CCCCC1. The Morgan fingerprint density at radius 1 is 1.29 bits per heavy atom. The molecule has 14 heavy (non-hydrogen) atoms. The maximum atomic E-state index is 11.0. The average molecular weight is 198 g/mol. The van der Waals surface area contributed by atoms with Crippen LogP contribution in [0.4, 0.5) is 0 Å². The van der Waals surface area contributed by atoms with Crippen LogP contribution in [0.25, 0.3) is 0 Å². The van der Waals surface area contributed by atoms with Crippen molar-refractivity contribution in [1.82, 2.24) is 0 Å². The van der Waals surface area contributed by atoms with Crippen molar-refractivity contribution in [3.05, 3.63) is 0 Å². The predicted molar refractivity (Wildman–Crippen MR) is 57.2 cm³/mol. The van der Waals surface area contributed by atoms with Crippen molar-refractivity contribution >= 4 is 5.97 Å². The molecule has 1 rings (SSSR count). The molecular formula is C12H22O2. The highest BCUT2D eigenvalue weighted by Crippen LogP contribution is 2.43. The van der Waals surface area contributed by atoms with Gasteiger partial charge in [-0.1, -0.05) is 40.0 Å². The van der Waals surface area contributed by atoms with E-state index in [4.69, 9.17) is 5.11 Å².